The van der Waals surface area contributed by atoms with Crippen LogP contribution >= 0.6 is 11.6 Å². The molecular weight excluding hydrogens is 252 g/mol. The van der Waals surface area contributed by atoms with Gasteiger partial charge in [-0.25, -0.2) is 0 Å². The van der Waals surface area contributed by atoms with Gasteiger partial charge in [0.05, 0.1) is 14.2 Å². The molecule has 0 radical (unpaired) electrons. The van der Waals surface area contributed by atoms with Crippen molar-refractivity contribution in [3.05, 3.63) is 41.4 Å². The van der Waals surface area contributed by atoms with E-state index in [-0.39, 0.29) is 5.75 Å². The van der Waals surface area contributed by atoms with Crippen LogP contribution in [0.25, 0.3) is 11.1 Å². The highest BCUT2D eigenvalue weighted by atomic mass is 35.5. The molecule has 4 heteroatoms. The molecule has 0 unspecified atom stereocenters. The summed E-state index contributed by atoms with van der Waals surface area (Å²) in [6, 6.07) is 10.5. The zero-order valence-corrected chi connectivity index (χ0v) is 10.9. The first-order valence-corrected chi connectivity index (χ1v) is 5.74. The van der Waals surface area contributed by atoms with E-state index in [1.807, 2.05) is 6.07 Å². The lowest BCUT2D eigenvalue weighted by Gasteiger charge is -2.11. The van der Waals surface area contributed by atoms with E-state index in [4.69, 9.17) is 21.1 Å². The lowest BCUT2D eigenvalue weighted by Crippen LogP contribution is -1.89. The van der Waals surface area contributed by atoms with Gasteiger partial charge >= 0.3 is 0 Å². The summed E-state index contributed by atoms with van der Waals surface area (Å²) in [6.07, 6.45) is 0. The van der Waals surface area contributed by atoms with Crippen LogP contribution in [0.4, 0.5) is 0 Å². The zero-order valence-electron chi connectivity index (χ0n) is 10.1. The lowest BCUT2D eigenvalue weighted by atomic mass is 10.0. The molecule has 3 nitrogen and oxygen atoms in total. The molecule has 0 bridgehead atoms. The molecule has 2 aromatic rings. The molecule has 0 heterocycles. The Balaban J connectivity index is 2.54. The van der Waals surface area contributed by atoms with E-state index in [2.05, 4.69) is 0 Å². The molecule has 0 aliphatic carbocycles. The Kier molecular flexibility index (Phi) is 3.63. The maximum Gasteiger partial charge on any atom is 0.161 e. The van der Waals surface area contributed by atoms with Crippen LogP contribution in [0.15, 0.2) is 36.4 Å². The second-order valence-electron chi connectivity index (χ2n) is 3.73. The standard InChI is InChI=1S/C14H13ClO3/c1-17-13-8-10(15)4-5-11(13)9-3-6-12(16)14(7-9)18-2/h3-8,16H,1-2H3. The highest BCUT2D eigenvalue weighted by Gasteiger charge is 2.09. The molecule has 1 N–H and O–H groups in total. The largest absolute Gasteiger partial charge is 0.504 e. The summed E-state index contributed by atoms with van der Waals surface area (Å²) in [7, 11) is 3.10. The van der Waals surface area contributed by atoms with Crippen molar-refractivity contribution in [1.29, 1.82) is 0 Å². The lowest BCUT2D eigenvalue weighted by molar-refractivity contribution is 0.373. The van der Waals surface area contributed by atoms with E-state index in [1.165, 1.54) is 7.11 Å². The number of benzene rings is 2. The summed E-state index contributed by atoms with van der Waals surface area (Å²) in [5, 5.41) is 10.2. The van der Waals surface area contributed by atoms with Gasteiger partial charge in [0.15, 0.2) is 11.5 Å². The van der Waals surface area contributed by atoms with Gasteiger partial charge in [-0.3, -0.25) is 0 Å². The van der Waals surface area contributed by atoms with Crippen molar-refractivity contribution < 1.29 is 14.6 Å². The molecule has 0 aliphatic rings. The average Bonchev–Trinajstić information content (AvgIpc) is 2.39. The summed E-state index contributed by atoms with van der Waals surface area (Å²) >= 11 is 5.92. The van der Waals surface area contributed by atoms with Gasteiger partial charge in [0, 0.05) is 10.6 Å². The quantitative estimate of drug-likeness (QED) is 0.918. The molecule has 2 rings (SSSR count). The SMILES string of the molecule is COc1cc(-c2ccc(Cl)cc2OC)ccc1O. The van der Waals surface area contributed by atoms with Gasteiger partial charge in [0.25, 0.3) is 0 Å². The molecule has 0 spiro atoms. The maximum atomic E-state index is 9.58. The van der Waals surface area contributed by atoms with Crippen LogP contribution in [0.3, 0.4) is 0 Å². The van der Waals surface area contributed by atoms with E-state index < -0.39 is 0 Å². The van der Waals surface area contributed by atoms with Crippen LogP contribution in [0.5, 0.6) is 17.2 Å². The Bertz CT molecular complexity index is 567. The second kappa shape index (κ2) is 5.19. The number of rotatable bonds is 3. The molecule has 0 aliphatic heterocycles. The average molecular weight is 265 g/mol. The van der Waals surface area contributed by atoms with E-state index in [0.717, 1.165) is 11.1 Å². The van der Waals surface area contributed by atoms with Crippen molar-refractivity contribution in [3.63, 3.8) is 0 Å². The van der Waals surface area contributed by atoms with Gasteiger partial charge in [-0.15, -0.1) is 0 Å². The van der Waals surface area contributed by atoms with E-state index in [0.29, 0.717) is 16.5 Å². The molecular formula is C14H13ClO3. The number of aromatic hydroxyl groups is 1. The fourth-order valence-electron chi connectivity index (χ4n) is 1.75. The Morgan fingerprint density at radius 3 is 2.33 bits per heavy atom. The summed E-state index contributed by atoms with van der Waals surface area (Å²) in [4.78, 5) is 0. The number of ether oxygens (including phenoxy) is 2. The summed E-state index contributed by atoms with van der Waals surface area (Å²) in [6.45, 7) is 0. The molecule has 18 heavy (non-hydrogen) atoms. The minimum absolute atomic E-state index is 0.106. The predicted octanol–water partition coefficient (Wildman–Crippen LogP) is 3.73. The van der Waals surface area contributed by atoms with Gasteiger partial charge in [0.1, 0.15) is 5.75 Å². The number of hydrogen-bond donors (Lipinski definition) is 1. The predicted molar refractivity (Wildman–Crippen MR) is 71.7 cm³/mol. The van der Waals surface area contributed by atoms with E-state index >= 15 is 0 Å². The molecule has 0 saturated heterocycles. The Labute approximate surface area is 111 Å². The van der Waals surface area contributed by atoms with Crippen molar-refractivity contribution in [2.45, 2.75) is 0 Å². The smallest absolute Gasteiger partial charge is 0.161 e. The van der Waals surface area contributed by atoms with Crippen LogP contribution in [-0.4, -0.2) is 19.3 Å². The second-order valence-corrected chi connectivity index (χ2v) is 4.17. The third-order valence-electron chi connectivity index (χ3n) is 2.65. The molecule has 2 aromatic carbocycles. The number of phenols is 1. The maximum absolute atomic E-state index is 9.58. The van der Waals surface area contributed by atoms with Gasteiger partial charge in [-0.05, 0) is 35.9 Å². The minimum Gasteiger partial charge on any atom is -0.504 e. The van der Waals surface area contributed by atoms with Gasteiger partial charge < -0.3 is 14.6 Å². The summed E-state index contributed by atoms with van der Waals surface area (Å²) in [5.41, 5.74) is 1.78. The zero-order chi connectivity index (χ0) is 13.1. The first-order valence-electron chi connectivity index (χ1n) is 5.36. The van der Waals surface area contributed by atoms with Crippen molar-refractivity contribution in [2.24, 2.45) is 0 Å². The number of halogens is 1. The molecule has 0 atom stereocenters. The van der Waals surface area contributed by atoms with E-state index in [9.17, 15) is 5.11 Å². The van der Waals surface area contributed by atoms with Crippen LogP contribution in [-0.2, 0) is 0 Å². The minimum atomic E-state index is 0.106. The van der Waals surface area contributed by atoms with Crippen molar-refractivity contribution in [3.8, 4) is 28.4 Å². The first-order chi connectivity index (χ1) is 8.65. The van der Waals surface area contributed by atoms with Crippen molar-refractivity contribution in [1.82, 2.24) is 0 Å². The van der Waals surface area contributed by atoms with E-state index in [1.54, 1.807) is 37.4 Å². The topological polar surface area (TPSA) is 38.7 Å². The van der Waals surface area contributed by atoms with Crippen molar-refractivity contribution in [2.75, 3.05) is 14.2 Å². The van der Waals surface area contributed by atoms with Crippen LogP contribution < -0.4 is 9.47 Å². The third kappa shape index (κ3) is 2.36. The highest BCUT2D eigenvalue weighted by molar-refractivity contribution is 6.30. The third-order valence-corrected chi connectivity index (χ3v) is 2.89. The highest BCUT2D eigenvalue weighted by Crippen LogP contribution is 2.36. The molecule has 0 saturated carbocycles. The molecule has 0 aromatic heterocycles. The molecule has 0 amide bonds. The fourth-order valence-corrected chi connectivity index (χ4v) is 1.91. The van der Waals surface area contributed by atoms with Gasteiger partial charge in [0.2, 0.25) is 0 Å². The van der Waals surface area contributed by atoms with Gasteiger partial charge in [-0.2, -0.15) is 0 Å². The fraction of sp³-hybridized carbons (Fsp3) is 0.143. The molecule has 94 valence electrons. The summed E-state index contributed by atoms with van der Waals surface area (Å²) in [5.74, 6) is 1.20. The Morgan fingerprint density at radius 1 is 0.944 bits per heavy atom. The number of phenolic OH excluding ortho intramolecular Hbond substituents is 1. The van der Waals surface area contributed by atoms with Crippen molar-refractivity contribution >= 4 is 11.6 Å². The van der Waals surface area contributed by atoms with Crippen LogP contribution in [0.2, 0.25) is 5.02 Å². The van der Waals surface area contributed by atoms with Crippen LogP contribution in [0.1, 0.15) is 0 Å². The molecule has 0 fully saturated rings. The Morgan fingerprint density at radius 2 is 1.67 bits per heavy atom. The summed E-state index contributed by atoms with van der Waals surface area (Å²) < 4.78 is 10.4. The Hall–Kier alpha value is -1.87. The van der Waals surface area contributed by atoms with Crippen LogP contribution in [0, 0.1) is 0 Å². The number of hydrogen-bond acceptors (Lipinski definition) is 3. The first kappa shape index (κ1) is 12.6. The van der Waals surface area contributed by atoms with Gasteiger partial charge in [-0.1, -0.05) is 17.7 Å². The normalized spacial score (nSPS) is 10.2. The number of methoxy groups -OCH3 is 2. The monoisotopic (exact) mass is 264 g/mol.